The van der Waals surface area contributed by atoms with Crippen LogP contribution in [0.2, 0.25) is 0 Å². The highest BCUT2D eigenvalue weighted by molar-refractivity contribution is 5.94. The molecule has 1 aromatic carbocycles. The maximum absolute atomic E-state index is 12.0. The maximum atomic E-state index is 12.0. The number of carbonyl (C=O) groups excluding carboxylic acids is 2. The van der Waals surface area contributed by atoms with Crippen molar-refractivity contribution in [1.82, 2.24) is 15.1 Å². The number of piperazine rings is 1. The van der Waals surface area contributed by atoms with Crippen molar-refractivity contribution in [2.45, 2.75) is 13.3 Å². The van der Waals surface area contributed by atoms with Gasteiger partial charge in [0.05, 0.1) is 0 Å². The fourth-order valence-corrected chi connectivity index (χ4v) is 2.39. The van der Waals surface area contributed by atoms with Crippen LogP contribution in [0.15, 0.2) is 24.3 Å². The average molecular weight is 289 g/mol. The predicted octanol–water partition coefficient (Wildman–Crippen LogP) is 0.889. The second-order valence-electron chi connectivity index (χ2n) is 5.56. The summed E-state index contributed by atoms with van der Waals surface area (Å²) in [7, 11) is 2.06. The summed E-state index contributed by atoms with van der Waals surface area (Å²) in [6.07, 6.45) is 0.362. The fraction of sp³-hybridized carbons (Fsp3) is 0.500. The molecule has 0 unspecified atom stereocenters. The second-order valence-corrected chi connectivity index (χ2v) is 5.56. The van der Waals surface area contributed by atoms with Gasteiger partial charge in [0.1, 0.15) is 0 Å². The zero-order valence-corrected chi connectivity index (χ0v) is 12.8. The van der Waals surface area contributed by atoms with Gasteiger partial charge >= 0.3 is 0 Å². The van der Waals surface area contributed by atoms with E-state index < -0.39 is 0 Å². The minimum Gasteiger partial charge on any atom is -0.352 e. The summed E-state index contributed by atoms with van der Waals surface area (Å²) in [6, 6.07) is 7.44. The van der Waals surface area contributed by atoms with Crippen LogP contribution < -0.4 is 5.32 Å². The Morgan fingerprint density at radius 3 is 2.57 bits per heavy atom. The second kappa shape index (κ2) is 7.22. The van der Waals surface area contributed by atoms with Crippen LogP contribution in [0, 0.1) is 6.92 Å². The summed E-state index contributed by atoms with van der Waals surface area (Å²) in [6.45, 7) is 5.73. The molecule has 5 nitrogen and oxygen atoms in total. The first-order valence-corrected chi connectivity index (χ1v) is 7.37. The molecule has 5 heteroatoms. The van der Waals surface area contributed by atoms with Crippen molar-refractivity contribution in [3.63, 3.8) is 0 Å². The Morgan fingerprint density at radius 1 is 1.19 bits per heavy atom. The van der Waals surface area contributed by atoms with Crippen molar-refractivity contribution in [2.75, 3.05) is 39.8 Å². The number of aryl methyl sites for hydroxylation is 1. The van der Waals surface area contributed by atoms with Gasteiger partial charge in [-0.2, -0.15) is 0 Å². The number of rotatable bonds is 4. The largest absolute Gasteiger partial charge is 0.352 e. The van der Waals surface area contributed by atoms with Crippen LogP contribution in [-0.2, 0) is 4.79 Å². The van der Waals surface area contributed by atoms with Crippen LogP contribution in [0.3, 0.4) is 0 Å². The molecule has 0 aromatic heterocycles. The lowest BCUT2D eigenvalue weighted by Crippen LogP contribution is -2.47. The van der Waals surface area contributed by atoms with E-state index >= 15 is 0 Å². The molecular weight excluding hydrogens is 266 g/mol. The molecule has 2 amide bonds. The molecular formula is C16H23N3O2. The molecule has 0 atom stereocenters. The molecule has 0 spiro atoms. The van der Waals surface area contributed by atoms with E-state index in [-0.39, 0.29) is 11.8 Å². The number of benzene rings is 1. The molecule has 1 N–H and O–H groups in total. The molecule has 0 saturated carbocycles. The first-order chi connectivity index (χ1) is 10.1. The summed E-state index contributed by atoms with van der Waals surface area (Å²) in [5.74, 6) is -0.00230. The van der Waals surface area contributed by atoms with E-state index in [4.69, 9.17) is 0 Å². The Hall–Kier alpha value is -1.88. The van der Waals surface area contributed by atoms with Gasteiger partial charge in [-0.25, -0.2) is 0 Å². The molecule has 1 fully saturated rings. The van der Waals surface area contributed by atoms with Crippen molar-refractivity contribution in [2.24, 2.45) is 0 Å². The van der Waals surface area contributed by atoms with Crippen LogP contribution in [0.1, 0.15) is 22.3 Å². The molecule has 21 heavy (non-hydrogen) atoms. The van der Waals surface area contributed by atoms with Crippen LogP contribution >= 0.6 is 0 Å². The Morgan fingerprint density at radius 2 is 1.90 bits per heavy atom. The minimum absolute atomic E-state index is 0.118. The summed E-state index contributed by atoms with van der Waals surface area (Å²) >= 11 is 0. The SMILES string of the molecule is Cc1cccc(C(=O)NCCC(=O)N2CCN(C)CC2)c1. The van der Waals surface area contributed by atoms with Crippen LogP contribution in [0.4, 0.5) is 0 Å². The van der Waals surface area contributed by atoms with Gasteiger partial charge in [-0.3, -0.25) is 9.59 Å². The third-order valence-electron chi connectivity index (χ3n) is 3.76. The molecule has 1 aliphatic rings. The molecule has 1 heterocycles. The van der Waals surface area contributed by atoms with Gasteiger partial charge in [0, 0.05) is 44.7 Å². The molecule has 0 bridgehead atoms. The highest BCUT2D eigenvalue weighted by Crippen LogP contribution is 2.04. The smallest absolute Gasteiger partial charge is 0.251 e. The van der Waals surface area contributed by atoms with E-state index in [1.54, 1.807) is 6.07 Å². The van der Waals surface area contributed by atoms with Gasteiger partial charge in [0.15, 0.2) is 0 Å². The monoisotopic (exact) mass is 289 g/mol. The number of amides is 2. The summed E-state index contributed by atoms with van der Waals surface area (Å²) < 4.78 is 0. The number of hydrogen-bond acceptors (Lipinski definition) is 3. The van der Waals surface area contributed by atoms with Gasteiger partial charge < -0.3 is 15.1 Å². The number of hydrogen-bond donors (Lipinski definition) is 1. The third-order valence-corrected chi connectivity index (χ3v) is 3.76. The molecule has 0 radical (unpaired) electrons. The molecule has 0 aliphatic carbocycles. The topological polar surface area (TPSA) is 52.7 Å². The average Bonchev–Trinajstić information content (AvgIpc) is 2.47. The lowest BCUT2D eigenvalue weighted by Gasteiger charge is -2.32. The number of likely N-dealkylation sites (N-methyl/N-ethyl adjacent to an activating group) is 1. The number of nitrogens with zero attached hydrogens (tertiary/aromatic N) is 2. The maximum Gasteiger partial charge on any atom is 0.251 e. The molecule has 1 aliphatic heterocycles. The first kappa shape index (κ1) is 15.5. The molecule has 1 saturated heterocycles. The zero-order valence-electron chi connectivity index (χ0n) is 12.8. The Kier molecular flexibility index (Phi) is 5.33. The van der Waals surface area contributed by atoms with Crippen molar-refractivity contribution < 1.29 is 9.59 Å². The van der Waals surface area contributed by atoms with E-state index in [0.29, 0.717) is 18.5 Å². The lowest BCUT2D eigenvalue weighted by atomic mass is 10.1. The first-order valence-electron chi connectivity index (χ1n) is 7.37. The van der Waals surface area contributed by atoms with Crippen LogP contribution in [0.25, 0.3) is 0 Å². The van der Waals surface area contributed by atoms with Gasteiger partial charge in [0.25, 0.3) is 5.91 Å². The molecule has 114 valence electrons. The van der Waals surface area contributed by atoms with Crippen LogP contribution in [-0.4, -0.2) is 61.4 Å². The number of nitrogens with one attached hydrogen (secondary N) is 1. The highest BCUT2D eigenvalue weighted by Gasteiger charge is 2.18. The van der Waals surface area contributed by atoms with Gasteiger partial charge in [-0.05, 0) is 26.1 Å². The minimum atomic E-state index is -0.120. The lowest BCUT2D eigenvalue weighted by molar-refractivity contribution is -0.132. The van der Waals surface area contributed by atoms with E-state index in [9.17, 15) is 9.59 Å². The Bertz CT molecular complexity index is 508. The summed E-state index contributed by atoms with van der Waals surface area (Å²) in [5.41, 5.74) is 1.69. The van der Waals surface area contributed by atoms with E-state index in [1.165, 1.54) is 0 Å². The predicted molar refractivity (Wildman–Crippen MR) is 82.2 cm³/mol. The standard InChI is InChI=1S/C16H23N3O2/c1-13-4-3-5-14(12-13)16(21)17-7-6-15(20)19-10-8-18(2)9-11-19/h3-5,12H,6-11H2,1-2H3,(H,17,21). The quantitative estimate of drug-likeness (QED) is 0.895. The molecule has 1 aromatic rings. The van der Waals surface area contributed by atoms with Gasteiger partial charge in [0.2, 0.25) is 5.91 Å². The zero-order chi connectivity index (χ0) is 15.2. The van der Waals surface area contributed by atoms with E-state index in [0.717, 1.165) is 31.7 Å². The van der Waals surface area contributed by atoms with Crippen molar-refractivity contribution in [3.05, 3.63) is 35.4 Å². The van der Waals surface area contributed by atoms with Crippen LogP contribution in [0.5, 0.6) is 0 Å². The van der Waals surface area contributed by atoms with Crippen molar-refractivity contribution in [3.8, 4) is 0 Å². The summed E-state index contributed by atoms with van der Waals surface area (Å²) in [5, 5.41) is 2.81. The third kappa shape index (κ3) is 4.56. The fourth-order valence-electron chi connectivity index (χ4n) is 2.39. The number of carbonyl (C=O) groups is 2. The highest BCUT2D eigenvalue weighted by atomic mass is 16.2. The Balaban J connectivity index is 1.74. The van der Waals surface area contributed by atoms with Gasteiger partial charge in [-0.15, -0.1) is 0 Å². The molecule has 2 rings (SSSR count). The Labute approximate surface area is 125 Å². The van der Waals surface area contributed by atoms with Gasteiger partial charge in [-0.1, -0.05) is 17.7 Å². The normalized spacial score (nSPS) is 15.8. The summed E-state index contributed by atoms with van der Waals surface area (Å²) in [4.78, 5) is 28.1. The van der Waals surface area contributed by atoms with E-state index in [2.05, 4.69) is 17.3 Å². The van der Waals surface area contributed by atoms with E-state index in [1.807, 2.05) is 30.0 Å². The van der Waals surface area contributed by atoms with Crippen molar-refractivity contribution in [1.29, 1.82) is 0 Å². The van der Waals surface area contributed by atoms with Crippen molar-refractivity contribution >= 4 is 11.8 Å².